The Labute approximate surface area is 148 Å². The van der Waals surface area contributed by atoms with Gasteiger partial charge in [0.2, 0.25) is 5.91 Å². The number of rotatable bonds is 3. The van der Waals surface area contributed by atoms with Crippen LogP contribution in [0.1, 0.15) is 30.4 Å². The molecule has 0 radical (unpaired) electrons. The molecule has 0 saturated carbocycles. The molecule has 2 aliphatic heterocycles. The lowest BCUT2D eigenvalue weighted by Crippen LogP contribution is -2.40. The van der Waals surface area contributed by atoms with E-state index >= 15 is 0 Å². The summed E-state index contributed by atoms with van der Waals surface area (Å²) >= 11 is -0.272. The summed E-state index contributed by atoms with van der Waals surface area (Å²) in [5.41, 5.74) is -4.36. The molecule has 0 aliphatic carbocycles. The Bertz CT molecular complexity index is 574. The van der Waals surface area contributed by atoms with Crippen LogP contribution >= 0.6 is 24.2 Å². The van der Waals surface area contributed by atoms with Crippen LogP contribution in [0.25, 0.3) is 0 Å². The Hall–Kier alpha value is -1.00. The smallest absolute Gasteiger partial charge is 0.342 e. The lowest BCUT2D eigenvalue weighted by molar-refractivity contribution is -0.129. The molecule has 1 aromatic rings. The van der Waals surface area contributed by atoms with Crippen LogP contribution in [-0.4, -0.2) is 56.5 Å². The van der Waals surface area contributed by atoms with E-state index in [4.69, 9.17) is 0 Å². The average molecular weight is 386 g/mol. The van der Waals surface area contributed by atoms with Crippen molar-refractivity contribution in [3.63, 3.8) is 0 Å². The van der Waals surface area contributed by atoms with Gasteiger partial charge in [0.25, 0.3) is 0 Å². The second kappa shape index (κ2) is 7.92. The number of thioether (sulfide) groups is 1. The first-order valence-electron chi connectivity index (χ1n) is 7.55. The predicted molar refractivity (Wildman–Crippen MR) is 86.0 cm³/mol. The first-order chi connectivity index (χ1) is 10.9. The van der Waals surface area contributed by atoms with Gasteiger partial charge in [-0.15, -0.1) is 22.6 Å². The molecule has 0 atom stereocenters. The Morgan fingerprint density at radius 3 is 2.62 bits per heavy atom. The average Bonchev–Trinajstić information content (AvgIpc) is 2.96. The van der Waals surface area contributed by atoms with Gasteiger partial charge in [0, 0.05) is 32.1 Å². The van der Waals surface area contributed by atoms with E-state index in [1.165, 1.54) is 4.90 Å². The zero-order chi connectivity index (χ0) is 16.4. The number of hydrogen-bond donors (Lipinski definition) is 1. The van der Waals surface area contributed by atoms with E-state index in [9.17, 15) is 18.0 Å². The lowest BCUT2D eigenvalue weighted by atomic mass is 9.95. The number of halogens is 4. The van der Waals surface area contributed by atoms with Gasteiger partial charge in [-0.05, 0) is 24.6 Å². The fourth-order valence-corrected chi connectivity index (χ4v) is 3.51. The quantitative estimate of drug-likeness (QED) is 0.859. The number of fused-ring (bicyclic) bond motifs is 1. The molecule has 0 aromatic carbocycles. The van der Waals surface area contributed by atoms with Crippen molar-refractivity contribution in [3.05, 3.63) is 11.6 Å². The van der Waals surface area contributed by atoms with E-state index in [1.807, 2.05) is 0 Å². The monoisotopic (exact) mass is 385 g/mol. The van der Waals surface area contributed by atoms with E-state index in [0.29, 0.717) is 32.5 Å². The van der Waals surface area contributed by atoms with Gasteiger partial charge in [-0.3, -0.25) is 4.79 Å². The number of piperidine rings is 1. The SMILES string of the molecule is Cl.O=C(CSC(F)(F)F)N1CCC(c2nnc3n2CCNC3)CC1. The summed E-state index contributed by atoms with van der Waals surface area (Å²) in [5.74, 6) is 1.09. The van der Waals surface area contributed by atoms with Crippen molar-refractivity contribution in [2.45, 2.75) is 37.4 Å². The van der Waals surface area contributed by atoms with Gasteiger partial charge in [-0.1, -0.05) is 0 Å². The van der Waals surface area contributed by atoms with Crippen molar-refractivity contribution in [3.8, 4) is 0 Å². The molecule has 1 amide bonds. The van der Waals surface area contributed by atoms with E-state index in [1.54, 1.807) is 0 Å². The minimum atomic E-state index is -4.36. The van der Waals surface area contributed by atoms with Gasteiger partial charge in [-0.25, -0.2) is 0 Å². The molecule has 3 rings (SSSR count). The Kier molecular flexibility index (Phi) is 6.38. The third-order valence-corrected chi connectivity index (χ3v) is 4.94. The molecule has 136 valence electrons. The third kappa shape index (κ3) is 4.54. The first-order valence-corrected chi connectivity index (χ1v) is 8.54. The highest BCUT2D eigenvalue weighted by Crippen LogP contribution is 2.32. The number of hydrogen-bond acceptors (Lipinski definition) is 5. The van der Waals surface area contributed by atoms with E-state index in [-0.39, 0.29) is 30.1 Å². The van der Waals surface area contributed by atoms with Gasteiger partial charge in [-0.2, -0.15) is 13.2 Å². The highest BCUT2D eigenvalue weighted by molar-refractivity contribution is 8.00. The number of carbonyl (C=O) groups excluding carboxylic acids is 1. The maximum Gasteiger partial charge on any atom is 0.442 e. The highest BCUT2D eigenvalue weighted by atomic mass is 35.5. The van der Waals surface area contributed by atoms with Crippen LogP contribution in [0.5, 0.6) is 0 Å². The van der Waals surface area contributed by atoms with Crippen LogP contribution in [-0.2, 0) is 17.9 Å². The summed E-state index contributed by atoms with van der Waals surface area (Å²) in [4.78, 5) is 13.4. The fourth-order valence-electron chi connectivity index (χ4n) is 3.04. The van der Waals surface area contributed by atoms with Gasteiger partial charge in [0.05, 0.1) is 12.3 Å². The first kappa shape index (κ1) is 19.3. The molecule has 1 saturated heterocycles. The Morgan fingerprint density at radius 2 is 1.96 bits per heavy atom. The number of alkyl halides is 3. The summed E-state index contributed by atoms with van der Waals surface area (Å²) in [6, 6.07) is 0. The van der Waals surface area contributed by atoms with Crippen molar-refractivity contribution in [2.75, 3.05) is 25.4 Å². The van der Waals surface area contributed by atoms with Crippen LogP contribution in [0.2, 0.25) is 0 Å². The molecular weight excluding hydrogens is 367 g/mol. The van der Waals surface area contributed by atoms with Crippen LogP contribution < -0.4 is 5.32 Å². The fraction of sp³-hybridized carbons (Fsp3) is 0.769. The standard InChI is InChI=1S/C13H18F3N5OS.ClH/c14-13(15,16)23-8-11(22)20-4-1-9(2-5-20)12-19-18-10-7-17-3-6-21(10)12;/h9,17H,1-8H2;1H. The Morgan fingerprint density at radius 1 is 1.25 bits per heavy atom. The molecule has 6 nitrogen and oxygen atoms in total. The molecule has 0 spiro atoms. The number of carbonyl (C=O) groups is 1. The third-order valence-electron chi connectivity index (χ3n) is 4.22. The summed E-state index contributed by atoms with van der Waals surface area (Å²) < 4.78 is 38.6. The largest absolute Gasteiger partial charge is 0.442 e. The number of nitrogens with zero attached hydrogens (tertiary/aromatic N) is 4. The minimum Gasteiger partial charge on any atom is -0.342 e. The number of nitrogens with one attached hydrogen (secondary N) is 1. The maximum absolute atomic E-state index is 12.2. The normalized spacial score (nSPS) is 18.9. The second-order valence-corrected chi connectivity index (χ2v) is 6.73. The van der Waals surface area contributed by atoms with Gasteiger partial charge >= 0.3 is 5.51 Å². The number of amides is 1. The molecule has 24 heavy (non-hydrogen) atoms. The highest BCUT2D eigenvalue weighted by Gasteiger charge is 2.32. The second-order valence-electron chi connectivity index (χ2n) is 5.69. The van der Waals surface area contributed by atoms with Crippen LogP contribution in [0.15, 0.2) is 0 Å². The van der Waals surface area contributed by atoms with Gasteiger partial charge in [0.15, 0.2) is 0 Å². The molecule has 0 bridgehead atoms. The van der Waals surface area contributed by atoms with Crippen molar-refractivity contribution in [1.82, 2.24) is 25.0 Å². The molecule has 0 unspecified atom stereocenters. The summed E-state index contributed by atoms with van der Waals surface area (Å²) in [6.45, 7) is 3.37. The van der Waals surface area contributed by atoms with Crippen molar-refractivity contribution >= 4 is 30.1 Å². The van der Waals surface area contributed by atoms with E-state index in [2.05, 4.69) is 20.1 Å². The summed E-state index contributed by atoms with van der Waals surface area (Å²) in [7, 11) is 0. The van der Waals surface area contributed by atoms with E-state index in [0.717, 1.165) is 24.7 Å². The lowest BCUT2D eigenvalue weighted by Gasteiger charge is -2.32. The molecule has 1 aromatic heterocycles. The summed E-state index contributed by atoms with van der Waals surface area (Å²) in [6.07, 6.45) is 1.43. The molecule has 1 N–H and O–H groups in total. The maximum atomic E-state index is 12.2. The van der Waals surface area contributed by atoms with E-state index < -0.39 is 17.2 Å². The minimum absolute atomic E-state index is 0. The number of likely N-dealkylation sites (tertiary alicyclic amines) is 1. The van der Waals surface area contributed by atoms with Crippen LogP contribution in [0.3, 0.4) is 0 Å². The molecule has 3 heterocycles. The zero-order valence-corrected chi connectivity index (χ0v) is 14.5. The number of aromatic nitrogens is 3. The molecular formula is C13H19ClF3N5OS. The van der Waals surface area contributed by atoms with Crippen molar-refractivity contribution in [1.29, 1.82) is 0 Å². The van der Waals surface area contributed by atoms with Crippen molar-refractivity contribution in [2.24, 2.45) is 0 Å². The topological polar surface area (TPSA) is 63.1 Å². The predicted octanol–water partition coefficient (Wildman–Crippen LogP) is 1.76. The summed E-state index contributed by atoms with van der Waals surface area (Å²) in [5, 5.41) is 11.7. The van der Waals surface area contributed by atoms with Crippen LogP contribution in [0, 0.1) is 0 Å². The van der Waals surface area contributed by atoms with Crippen molar-refractivity contribution < 1.29 is 18.0 Å². The molecule has 2 aliphatic rings. The van der Waals surface area contributed by atoms with Crippen LogP contribution in [0.4, 0.5) is 13.2 Å². The zero-order valence-electron chi connectivity index (χ0n) is 12.9. The van der Waals surface area contributed by atoms with Gasteiger partial charge in [0.1, 0.15) is 11.6 Å². The molecule has 1 fully saturated rings. The molecule has 11 heteroatoms. The van der Waals surface area contributed by atoms with Gasteiger partial charge < -0.3 is 14.8 Å². The Balaban J connectivity index is 0.00000208.